The van der Waals surface area contributed by atoms with E-state index in [1.165, 1.54) is 0 Å². The van der Waals surface area contributed by atoms with Crippen molar-refractivity contribution in [3.63, 3.8) is 0 Å². The molecule has 0 aromatic heterocycles. The molecule has 0 spiro atoms. The molecule has 15 heavy (non-hydrogen) atoms. The summed E-state index contributed by atoms with van der Waals surface area (Å²) in [5.74, 6) is 0.585. The Kier molecular flexibility index (Phi) is 4.32. The van der Waals surface area contributed by atoms with Crippen LogP contribution in [-0.4, -0.2) is 13.2 Å². The highest BCUT2D eigenvalue weighted by atomic mass is 19.1. The lowest BCUT2D eigenvalue weighted by Gasteiger charge is -2.06. The number of hydrogen-bond donors (Lipinski definition) is 1. The number of rotatable bonds is 4. The molecule has 0 heterocycles. The fourth-order valence-corrected chi connectivity index (χ4v) is 0.937. The Bertz CT molecular complexity index is 379. The first-order valence-corrected chi connectivity index (χ1v) is 4.41. The van der Waals surface area contributed by atoms with E-state index in [4.69, 9.17) is 15.7 Å². The van der Waals surface area contributed by atoms with Crippen LogP contribution in [0.25, 0.3) is 0 Å². The highest BCUT2D eigenvalue weighted by Crippen LogP contribution is 2.12. The lowest BCUT2D eigenvalue weighted by atomic mass is 10.2. The highest BCUT2D eigenvalue weighted by Gasteiger charge is 1.98. The van der Waals surface area contributed by atoms with Crippen LogP contribution in [0.2, 0.25) is 0 Å². The molecule has 0 aliphatic heterocycles. The van der Waals surface area contributed by atoms with Gasteiger partial charge in [0.15, 0.2) is 0 Å². The van der Waals surface area contributed by atoms with Gasteiger partial charge in [-0.15, -0.1) is 0 Å². The minimum Gasteiger partial charge on any atom is -0.489 e. The summed E-state index contributed by atoms with van der Waals surface area (Å²) in [6, 6.07) is 8.58. The van der Waals surface area contributed by atoms with Crippen molar-refractivity contribution in [3.8, 4) is 11.8 Å². The van der Waals surface area contributed by atoms with Crippen molar-refractivity contribution >= 4 is 0 Å². The molecule has 0 radical (unpaired) electrons. The molecule has 3 nitrogen and oxygen atoms in total. The van der Waals surface area contributed by atoms with E-state index >= 15 is 0 Å². The smallest absolute Gasteiger partial charge is 0.119 e. The quantitative estimate of drug-likeness (QED) is 0.816. The maximum atomic E-state index is 12.1. The molecule has 2 N–H and O–H groups in total. The SMILES string of the molecule is N#Cc1ccc(OC/C(=C\F)CN)cc1. The summed E-state index contributed by atoms with van der Waals surface area (Å²) < 4.78 is 17.4. The Labute approximate surface area is 87.6 Å². The topological polar surface area (TPSA) is 59.0 Å². The van der Waals surface area contributed by atoms with Gasteiger partial charge < -0.3 is 10.5 Å². The Morgan fingerprint density at radius 2 is 2.13 bits per heavy atom. The van der Waals surface area contributed by atoms with Crippen LogP contribution >= 0.6 is 0 Å². The second-order valence-electron chi connectivity index (χ2n) is 2.90. The molecule has 0 unspecified atom stereocenters. The summed E-state index contributed by atoms with van der Waals surface area (Å²) in [7, 11) is 0. The van der Waals surface area contributed by atoms with Gasteiger partial charge in [0.1, 0.15) is 12.4 Å². The summed E-state index contributed by atoms with van der Waals surface area (Å²) in [6.45, 7) is 0.256. The summed E-state index contributed by atoms with van der Waals surface area (Å²) >= 11 is 0. The van der Waals surface area contributed by atoms with Gasteiger partial charge in [0.25, 0.3) is 0 Å². The molecule has 1 aromatic rings. The zero-order chi connectivity index (χ0) is 11.1. The Morgan fingerprint density at radius 3 is 2.60 bits per heavy atom. The Hall–Kier alpha value is -1.86. The Balaban J connectivity index is 2.55. The van der Waals surface area contributed by atoms with Crippen LogP contribution in [-0.2, 0) is 0 Å². The second-order valence-corrected chi connectivity index (χ2v) is 2.90. The van der Waals surface area contributed by atoms with Gasteiger partial charge >= 0.3 is 0 Å². The molecule has 1 rings (SSSR count). The van der Waals surface area contributed by atoms with E-state index in [-0.39, 0.29) is 13.2 Å². The highest BCUT2D eigenvalue weighted by molar-refractivity contribution is 5.34. The summed E-state index contributed by atoms with van der Waals surface area (Å²) in [5, 5.41) is 8.56. The average molecular weight is 206 g/mol. The molecular formula is C11H11FN2O. The van der Waals surface area contributed by atoms with Gasteiger partial charge in [-0.2, -0.15) is 5.26 Å². The number of nitrogens with zero attached hydrogens (tertiary/aromatic N) is 1. The maximum absolute atomic E-state index is 12.1. The van der Waals surface area contributed by atoms with Crippen molar-refractivity contribution in [2.75, 3.05) is 13.2 Å². The lowest BCUT2D eigenvalue weighted by Crippen LogP contribution is -2.10. The van der Waals surface area contributed by atoms with Crippen molar-refractivity contribution in [3.05, 3.63) is 41.7 Å². The van der Waals surface area contributed by atoms with Crippen LogP contribution < -0.4 is 10.5 Å². The van der Waals surface area contributed by atoms with Crippen LogP contribution in [0.5, 0.6) is 5.75 Å². The fourth-order valence-electron chi connectivity index (χ4n) is 0.937. The van der Waals surface area contributed by atoms with Crippen molar-refractivity contribution in [2.24, 2.45) is 5.73 Å². The molecule has 4 heteroatoms. The minimum atomic E-state index is 0.124. The number of nitrogens with two attached hydrogens (primary N) is 1. The summed E-state index contributed by atoms with van der Waals surface area (Å²) in [4.78, 5) is 0. The van der Waals surface area contributed by atoms with E-state index in [9.17, 15) is 4.39 Å². The minimum absolute atomic E-state index is 0.124. The Morgan fingerprint density at radius 1 is 1.47 bits per heavy atom. The maximum Gasteiger partial charge on any atom is 0.119 e. The zero-order valence-electron chi connectivity index (χ0n) is 8.11. The number of halogens is 1. The second kappa shape index (κ2) is 5.78. The van der Waals surface area contributed by atoms with E-state index in [1.54, 1.807) is 24.3 Å². The van der Waals surface area contributed by atoms with Crippen LogP contribution in [0, 0.1) is 11.3 Å². The van der Waals surface area contributed by atoms with E-state index in [2.05, 4.69) is 0 Å². The van der Waals surface area contributed by atoms with Gasteiger partial charge in [0.2, 0.25) is 0 Å². The van der Waals surface area contributed by atoms with Gasteiger partial charge in [0.05, 0.1) is 18.0 Å². The van der Waals surface area contributed by atoms with Crippen molar-refractivity contribution in [1.29, 1.82) is 5.26 Å². The molecule has 0 amide bonds. The monoisotopic (exact) mass is 206 g/mol. The standard InChI is InChI=1S/C11H11FN2O/c12-5-10(7-14)8-15-11-3-1-9(6-13)2-4-11/h1-5H,7-8,14H2/b10-5-. The molecule has 0 aliphatic rings. The van der Waals surface area contributed by atoms with Gasteiger partial charge in [-0.3, -0.25) is 0 Å². The average Bonchev–Trinajstić information content (AvgIpc) is 2.31. The van der Waals surface area contributed by atoms with Crippen LogP contribution in [0.4, 0.5) is 4.39 Å². The lowest BCUT2D eigenvalue weighted by molar-refractivity contribution is 0.347. The predicted octanol–water partition coefficient (Wildman–Crippen LogP) is 1.75. The molecule has 78 valence electrons. The van der Waals surface area contributed by atoms with Gasteiger partial charge in [-0.1, -0.05) is 0 Å². The van der Waals surface area contributed by atoms with Gasteiger partial charge in [-0.05, 0) is 24.3 Å². The molecule has 0 atom stereocenters. The molecule has 1 aromatic carbocycles. The number of ether oxygens (including phenoxy) is 1. The van der Waals surface area contributed by atoms with E-state index < -0.39 is 0 Å². The zero-order valence-corrected chi connectivity index (χ0v) is 8.11. The van der Waals surface area contributed by atoms with Crippen molar-refractivity contribution < 1.29 is 9.13 Å². The molecule has 0 aliphatic carbocycles. The first kappa shape index (κ1) is 11.2. The molecule has 0 bridgehead atoms. The van der Waals surface area contributed by atoms with Crippen molar-refractivity contribution in [2.45, 2.75) is 0 Å². The van der Waals surface area contributed by atoms with Crippen LogP contribution in [0.3, 0.4) is 0 Å². The predicted molar refractivity (Wildman–Crippen MR) is 54.9 cm³/mol. The van der Waals surface area contributed by atoms with E-state index in [0.717, 1.165) is 0 Å². The van der Waals surface area contributed by atoms with Crippen LogP contribution in [0.15, 0.2) is 36.2 Å². The summed E-state index contributed by atoms with van der Waals surface area (Å²) in [5.41, 5.74) is 6.21. The first-order chi connectivity index (χ1) is 7.30. The van der Waals surface area contributed by atoms with Gasteiger partial charge in [-0.25, -0.2) is 4.39 Å². The third kappa shape index (κ3) is 3.41. The number of nitriles is 1. The van der Waals surface area contributed by atoms with Gasteiger partial charge in [0, 0.05) is 12.1 Å². The van der Waals surface area contributed by atoms with E-state index in [1.807, 2.05) is 6.07 Å². The fraction of sp³-hybridized carbons (Fsp3) is 0.182. The third-order valence-corrected chi connectivity index (χ3v) is 1.82. The molecule has 0 saturated heterocycles. The largest absolute Gasteiger partial charge is 0.489 e. The van der Waals surface area contributed by atoms with Crippen molar-refractivity contribution in [1.82, 2.24) is 0 Å². The molecular weight excluding hydrogens is 195 g/mol. The molecule has 0 saturated carbocycles. The third-order valence-electron chi connectivity index (χ3n) is 1.82. The van der Waals surface area contributed by atoms with E-state index in [0.29, 0.717) is 23.2 Å². The first-order valence-electron chi connectivity index (χ1n) is 4.41. The number of hydrogen-bond acceptors (Lipinski definition) is 3. The summed E-state index contributed by atoms with van der Waals surface area (Å²) in [6.07, 6.45) is 0.448. The normalized spacial score (nSPS) is 10.9. The molecule has 0 fully saturated rings. The number of benzene rings is 1. The van der Waals surface area contributed by atoms with Crippen LogP contribution in [0.1, 0.15) is 5.56 Å².